The van der Waals surface area contributed by atoms with Gasteiger partial charge in [-0.1, -0.05) is 45.0 Å². The van der Waals surface area contributed by atoms with Crippen molar-refractivity contribution in [2.75, 3.05) is 0 Å². The topological polar surface area (TPSA) is 101 Å². The molecule has 0 aliphatic heterocycles. The molecule has 22 heavy (non-hydrogen) atoms. The zero-order valence-electron chi connectivity index (χ0n) is 13.1. The average molecular weight is 304 g/mol. The van der Waals surface area contributed by atoms with Crippen molar-refractivity contribution >= 4 is 5.97 Å². The van der Waals surface area contributed by atoms with Crippen LogP contribution in [0, 0.1) is 0 Å². The largest absolute Gasteiger partial charge is 0.480 e. The Morgan fingerprint density at radius 3 is 2.27 bits per heavy atom. The number of aliphatic carboxylic acids is 1. The fourth-order valence-corrected chi connectivity index (χ4v) is 2.21. The zero-order chi connectivity index (χ0) is 16.5. The Kier molecular flexibility index (Phi) is 4.27. The second kappa shape index (κ2) is 5.84. The summed E-state index contributed by atoms with van der Waals surface area (Å²) in [5, 5.41) is 30.1. The monoisotopic (exact) mass is 304 g/mol. The predicted molar refractivity (Wildman–Crippen MR) is 80.3 cm³/mol. The first-order chi connectivity index (χ1) is 10.2. The van der Waals surface area contributed by atoms with E-state index in [1.54, 1.807) is 0 Å². The Hall–Kier alpha value is -2.28. The third-order valence-corrected chi connectivity index (χ3v) is 3.48. The first-order valence-electron chi connectivity index (χ1n) is 7.01. The maximum atomic E-state index is 11.3. The van der Waals surface area contributed by atoms with Crippen LogP contribution in [0.5, 0.6) is 0 Å². The minimum atomic E-state index is -1.23. The van der Waals surface area contributed by atoms with E-state index in [0.29, 0.717) is 11.4 Å². The molecule has 1 aromatic carbocycles. The number of aliphatic hydroxyl groups excluding tert-OH is 1. The van der Waals surface area contributed by atoms with Crippen LogP contribution in [0.25, 0.3) is 11.4 Å². The van der Waals surface area contributed by atoms with Crippen LogP contribution >= 0.6 is 0 Å². The minimum absolute atomic E-state index is 0.0215. The minimum Gasteiger partial charge on any atom is -0.480 e. The van der Waals surface area contributed by atoms with Gasteiger partial charge in [0, 0.05) is 5.56 Å². The number of carbonyl (C=O) groups is 1. The molecule has 0 saturated carbocycles. The summed E-state index contributed by atoms with van der Waals surface area (Å²) in [4.78, 5) is 11.3. The maximum absolute atomic E-state index is 11.3. The van der Waals surface area contributed by atoms with Crippen molar-refractivity contribution in [3.05, 3.63) is 29.8 Å². The van der Waals surface area contributed by atoms with Crippen LogP contribution in [0.15, 0.2) is 24.3 Å². The molecule has 118 valence electrons. The molecular weight excluding hydrogens is 284 g/mol. The first kappa shape index (κ1) is 16.1. The van der Waals surface area contributed by atoms with Crippen molar-refractivity contribution in [1.82, 2.24) is 20.2 Å². The van der Waals surface area contributed by atoms with Crippen LogP contribution in [0.4, 0.5) is 0 Å². The normalized spacial score (nSPS) is 14.6. The van der Waals surface area contributed by atoms with Gasteiger partial charge in [-0.25, -0.2) is 9.48 Å². The molecule has 2 unspecified atom stereocenters. The lowest BCUT2D eigenvalue weighted by atomic mass is 9.86. The summed E-state index contributed by atoms with van der Waals surface area (Å²) >= 11 is 0. The number of aliphatic hydroxyl groups is 1. The molecule has 0 saturated heterocycles. The number of tetrazole rings is 1. The third-order valence-electron chi connectivity index (χ3n) is 3.48. The summed E-state index contributed by atoms with van der Waals surface area (Å²) < 4.78 is 1.14. The van der Waals surface area contributed by atoms with Gasteiger partial charge in [0.15, 0.2) is 11.9 Å². The summed E-state index contributed by atoms with van der Waals surface area (Å²) in [5.41, 5.74) is 1.87. The highest BCUT2D eigenvalue weighted by Crippen LogP contribution is 2.26. The highest BCUT2D eigenvalue weighted by molar-refractivity contribution is 5.73. The molecule has 7 heteroatoms. The van der Waals surface area contributed by atoms with Gasteiger partial charge in [0.25, 0.3) is 0 Å². The van der Waals surface area contributed by atoms with E-state index >= 15 is 0 Å². The van der Waals surface area contributed by atoms with Gasteiger partial charge in [0.2, 0.25) is 0 Å². The number of aromatic nitrogens is 4. The van der Waals surface area contributed by atoms with Crippen molar-refractivity contribution in [2.45, 2.75) is 45.3 Å². The standard InChI is InChI=1S/C15H20N4O3/c1-9(20)12(14(21)22)19-13(16-17-18-19)10-5-7-11(8-6-10)15(2,3)4/h5-9,12,20H,1-4H3,(H,21,22). The number of hydrogen-bond donors (Lipinski definition) is 2. The van der Waals surface area contributed by atoms with Crippen molar-refractivity contribution in [1.29, 1.82) is 0 Å². The van der Waals surface area contributed by atoms with E-state index in [0.717, 1.165) is 10.2 Å². The Labute approximate surface area is 128 Å². The van der Waals surface area contributed by atoms with Gasteiger partial charge in [-0.3, -0.25) is 0 Å². The van der Waals surface area contributed by atoms with Crippen molar-refractivity contribution < 1.29 is 15.0 Å². The number of nitrogens with zero attached hydrogens (tertiary/aromatic N) is 4. The van der Waals surface area contributed by atoms with Gasteiger partial charge < -0.3 is 10.2 Å². The molecule has 0 bridgehead atoms. The van der Waals surface area contributed by atoms with Gasteiger partial charge in [-0.05, 0) is 28.3 Å². The fourth-order valence-electron chi connectivity index (χ4n) is 2.21. The van der Waals surface area contributed by atoms with Gasteiger partial charge in [-0.2, -0.15) is 0 Å². The van der Waals surface area contributed by atoms with E-state index in [-0.39, 0.29) is 5.41 Å². The second-order valence-corrected chi connectivity index (χ2v) is 6.30. The Bertz CT molecular complexity index is 656. The smallest absolute Gasteiger partial charge is 0.331 e. The summed E-state index contributed by atoms with van der Waals surface area (Å²) in [5.74, 6) is -0.872. The van der Waals surface area contributed by atoms with E-state index < -0.39 is 18.1 Å². The van der Waals surface area contributed by atoms with E-state index in [9.17, 15) is 15.0 Å². The summed E-state index contributed by atoms with van der Waals surface area (Å²) in [6.45, 7) is 7.73. The number of hydrogen-bond acceptors (Lipinski definition) is 5. The molecule has 2 atom stereocenters. The molecule has 2 aromatic rings. The van der Waals surface area contributed by atoms with E-state index in [1.807, 2.05) is 24.3 Å². The third kappa shape index (κ3) is 3.14. The van der Waals surface area contributed by atoms with Crippen molar-refractivity contribution in [3.8, 4) is 11.4 Å². The molecule has 0 fully saturated rings. The van der Waals surface area contributed by atoms with Crippen LogP contribution in [0.2, 0.25) is 0 Å². The van der Waals surface area contributed by atoms with Crippen LogP contribution in [-0.2, 0) is 10.2 Å². The number of rotatable bonds is 4. The van der Waals surface area contributed by atoms with Gasteiger partial charge in [0.05, 0.1) is 6.10 Å². The number of carboxylic acids is 1. The van der Waals surface area contributed by atoms with E-state index in [2.05, 4.69) is 36.3 Å². The molecule has 0 radical (unpaired) electrons. The molecule has 0 spiro atoms. The van der Waals surface area contributed by atoms with Crippen LogP contribution in [-0.4, -0.2) is 42.5 Å². The van der Waals surface area contributed by atoms with Gasteiger partial charge >= 0.3 is 5.97 Å². The molecule has 0 aliphatic carbocycles. The molecule has 1 aromatic heterocycles. The quantitative estimate of drug-likeness (QED) is 0.890. The van der Waals surface area contributed by atoms with E-state index in [4.69, 9.17) is 0 Å². The molecule has 0 aliphatic rings. The van der Waals surface area contributed by atoms with E-state index in [1.165, 1.54) is 6.92 Å². The molecule has 1 heterocycles. The summed E-state index contributed by atoms with van der Waals surface area (Å²) in [6.07, 6.45) is -1.12. The van der Waals surface area contributed by atoms with Crippen LogP contribution in [0.1, 0.15) is 39.3 Å². The predicted octanol–water partition coefficient (Wildman–Crippen LogP) is 1.64. The van der Waals surface area contributed by atoms with Crippen molar-refractivity contribution in [2.24, 2.45) is 0 Å². The van der Waals surface area contributed by atoms with Gasteiger partial charge in [-0.15, -0.1) is 5.10 Å². The average Bonchev–Trinajstić information content (AvgIpc) is 2.86. The Morgan fingerprint density at radius 2 is 1.82 bits per heavy atom. The highest BCUT2D eigenvalue weighted by atomic mass is 16.4. The highest BCUT2D eigenvalue weighted by Gasteiger charge is 2.29. The summed E-state index contributed by atoms with van der Waals surface area (Å²) in [6, 6.07) is 6.40. The zero-order valence-corrected chi connectivity index (χ0v) is 13.1. The van der Waals surface area contributed by atoms with Crippen LogP contribution in [0.3, 0.4) is 0 Å². The second-order valence-electron chi connectivity index (χ2n) is 6.30. The SMILES string of the molecule is CC(O)C(C(=O)O)n1nnnc1-c1ccc(C(C)(C)C)cc1. The maximum Gasteiger partial charge on any atom is 0.331 e. The van der Waals surface area contributed by atoms with Gasteiger partial charge in [0.1, 0.15) is 0 Å². The van der Waals surface area contributed by atoms with Crippen molar-refractivity contribution in [3.63, 3.8) is 0 Å². The fraction of sp³-hybridized carbons (Fsp3) is 0.467. The lowest BCUT2D eigenvalue weighted by Crippen LogP contribution is -2.30. The number of benzene rings is 1. The summed E-state index contributed by atoms with van der Waals surface area (Å²) in [7, 11) is 0. The molecular formula is C15H20N4O3. The lowest BCUT2D eigenvalue weighted by Gasteiger charge is -2.19. The molecule has 2 rings (SSSR count). The van der Waals surface area contributed by atoms with Crippen LogP contribution < -0.4 is 0 Å². The lowest BCUT2D eigenvalue weighted by molar-refractivity contribution is -0.144. The molecule has 2 N–H and O–H groups in total. The Morgan fingerprint density at radius 1 is 1.23 bits per heavy atom. The number of carboxylic acid groups (broad SMARTS) is 1. The molecule has 0 amide bonds. The molecule has 7 nitrogen and oxygen atoms in total. The first-order valence-corrected chi connectivity index (χ1v) is 7.01. The Balaban J connectivity index is 2.43.